The van der Waals surface area contributed by atoms with Crippen LogP contribution >= 0.6 is 22.6 Å². The molecule has 0 aliphatic carbocycles. The van der Waals surface area contributed by atoms with Crippen LogP contribution in [0.2, 0.25) is 0 Å². The average molecular weight is 665 g/mol. The van der Waals surface area contributed by atoms with Crippen LogP contribution in [0.5, 0.6) is 0 Å². The first-order chi connectivity index (χ1) is 19.1. The van der Waals surface area contributed by atoms with E-state index in [4.69, 9.17) is 0 Å². The second-order valence-corrected chi connectivity index (χ2v) is 11.7. The summed E-state index contributed by atoms with van der Waals surface area (Å²) in [7, 11) is 2.12. The topological polar surface area (TPSA) is 71.1 Å². The van der Waals surface area contributed by atoms with Crippen LogP contribution in [0.25, 0.3) is 0 Å². The highest BCUT2D eigenvalue weighted by molar-refractivity contribution is 14.1. The number of likely N-dealkylation sites (tertiary alicyclic amines) is 1. The van der Waals surface area contributed by atoms with Gasteiger partial charge >= 0.3 is 0 Å². The van der Waals surface area contributed by atoms with Crippen molar-refractivity contribution < 1.29 is 23.1 Å². The third-order valence-electron chi connectivity index (χ3n) is 7.38. The molecule has 2 fully saturated rings. The predicted molar refractivity (Wildman–Crippen MR) is 157 cm³/mol. The SMILES string of the molecule is CN1CCN(c2ccccc2CNCC2(O)CN(C(=O)c3ccc(F)c(F)c3Nc3ccc(I)cc3F)C2)CC1. The van der Waals surface area contributed by atoms with Crippen LogP contribution in [0.15, 0.2) is 54.6 Å². The number of β-amino-alcohol motifs (C(OH)–C–C–N with tert-alkyl or cyclic N) is 1. The maximum atomic E-state index is 14.8. The van der Waals surface area contributed by atoms with Crippen LogP contribution in [-0.2, 0) is 6.54 Å². The lowest BCUT2D eigenvalue weighted by molar-refractivity contribution is -0.0787. The van der Waals surface area contributed by atoms with Crippen molar-refractivity contribution in [2.45, 2.75) is 12.1 Å². The standard InChI is InChI=1S/C29H31F3IN5O2/c1-36-10-12-37(13-11-36)25-5-3-2-4-19(25)15-34-16-29(40)17-38(18-29)28(39)21-7-8-22(30)26(32)27(21)35-24-9-6-20(33)14-23(24)31/h2-9,14,34-35,40H,10-13,15-18H2,1H3. The lowest BCUT2D eigenvalue weighted by atomic mass is 9.92. The van der Waals surface area contributed by atoms with Crippen molar-refractivity contribution in [3.05, 3.63) is 86.7 Å². The molecule has 11 heteroatoms. The number of rotatable bonds is 8. The molecule has 0 atom stereocenters. The molecule has 3 aromatic carbocycles. The molecule has 7 nitrogen and oxygen atoms in total. The number of amides is 1. The monoisotopic (exact) mass is 665 g/mol. The van der Waals surface area contributed by atoms with Gasteiger partial charge in [-0.1, -0.05) is 18.2 Å². The van der Waals surface area contributed by atoms with Gasteiger partial charge in [0.2, 0.25) is 0 Å². The Hall–Kier alpha value is -2.87. The third-order valence-corrected chi connectivity index (χ3v) is 8.05. The van der Waals surface area contributed by atoms with E-state index in [1.165, 1.54) is 28.8 Å². The molecule has 2 heterocycles. The average Bonchev–Trinajstić information content (AvgIpc) is 2.91. The van der Waals surface area contributed by atoms with Gasteiger partial charge in [-0.05, 0) is 71.6 Å². The Bertz CT molecular complexity index is 1390. The Balaban J connectivity index is 1.21. The number of anilines is 3. The lowest BCUT2D eigenvalue weighted by Gasteiger charge is -2.46. The summed E-state index contributed by atoms with van der Waals surface area (Å²) < 4.78 is 43.9. The molecule has 0 unspecified atom stereocenters. The maximum Gasteiger partial charge on any atom is 0.256 e. The molecule has 5 rings (SSSR count). The van der Waals surface area contributed by atoms with E-state index in [0.717, 1.165) is 37.8 Å². The molecule has 1 amide bonds. The van der Waals surface area contributed by atoms with E-state index in [2.05, 4.69) is 39.6 Å². The first-order valence-corrected chi connectivity index (χ1v) is 14.2. The van der Waals surface area contributed by atoms with E-state index in [0.29, 0.717) is 10.1 Å². The minimum absolute atomic E-state index is 0.0231. The fraction of sp³-hybridized carbons (Fsp3) is 0.345. The summed E-state index contributed by atoms with van der Waals surface area (Å²) in [6, 6.07) is 14.5. The van der Waals surface area contributed by atoms with Gasteiger partial charge in [0.15, 0.2) is 11.6 Å². The summed E-state index contributed by atoms with van der Waals surface area (Å²) in [5.74, 6) is -3.68. The van der Waals surface area contributed by atoms with E-state index >= 15 is 0 Å². The third kappa shape index (κ3) is 6.22. The summed E-state index contributed by atoms with van der Waals surface area (Å²) in [6.07, 6.45) is 0. The van der Waals surface area contributed by atoms with E-state index in [1.807, 2.05) is 34.7 Å². The number of benzene rings is 3. The molecular formula is C29H31F3IN5O2. The molecule has 40 heavy (non-hydrogen) atoms. The highest BCUT2D eigenvalue weighted by Gasteiger charge is 2.44. The number of piperazine rings is 1. The zero-order valence-corrected chi connectivity index (χ0v) is 24.2. The maximum absolute atomic E-state index is 14.8. The number of nitrogens with zero attached hydrogens (tertiary/aromatic N) is 3. The van der Waals surface area contributed by atoms with Crippen molar-refractivity contribution in [2.75, 3.05) is 63.1 Å². The van der Waals surface area contributed by atoms with Crippen LogP contribution in [-0.4, -0.2) is 79.3 Å². The van der Waals surface area contributed by atoms with Crippen molar-refractivity contribution in [1.29, 1.82) is 0 Å². The molecular weight excluding hydrogens is 634 g/mol. The molecule has 2 aliphatic heterocycles. The Morgan fingerprint density at radius 2 is 1.73 bits per heavy atom. The molecule has 3 aromatic rings. The minimum Gasteiger partial charge on any atom is -0.385 e. The van der Waals surface area contributed by atoms with Gasteiger partial charge in [-0.25, -0.2) is 13.2 Å². The van der Waals surface area contributed by atoms with Crippen molar-refractivity contribution in [2.24, 2.45) is 0 Å². The number of carbonyl (C=O) groups excluding carboxylic acids is 1. The summed E-state index contributed by atoms with van der Waals surface area (Å²) >= 11 is 1.94. The molecule has 2 aliphatic rings. The number of para-hydroxylation sites is 1. The van der Waals surface area contributed by atoms with E-state index in [9.17, 15) is 23.1 Å². The number of nitrogens with one attached hydrogen (secondary N) is 2. The fourth-order valence-corrected chi connectivity index (χ4v) is 5.57. The van der Waals surface area contributed by atoms with Gasteiger partial charge in [0.25, 0.3) is 5.91 Å². The second kappa shape index (κ2) is 11.9. The van der Waals surface area contributed by atoms with Crippen molar-refractivity contribution >= 4 is 45.6 Å². The van der Waals surface area contributed by atoms with E-state index in [-0.39, 0.29) is 30.9 Å². The molecule has 212 valence electrons. The molecule has 0 radical (unpaired) electrons. The van der Waals surface area contributed by atoms with Crippen molar-refractivity contribution in [1.82, 2.24) is 15.1 Å². The Morgan fingerprint density at radius 3 is 2.45 bits per heavy atom. The quantitative estimate of drug-likeness (QED) is 0.314. The van der Waals surface area contributed by atoms with Crippen LogP contribution in [0.1, 0.15) is 15.9 Å². The summed E-state index contributed by atoms with van der Waals surface area (Å²) in [4.78, 5) is 19.3. The van der Waals surface area contributed by atoms with Crippen molar-refractivity contribution in [3.8, 4) is 0 Å². The Morgan fingerprint density at radius 1 is 1.00 bits per heavy atom. The van der Waals surface area contributed by atoms with E-state index < -0.39 is 34.6 Å². The number of hydrogen-bond acceptors (Lipinski definition) is 6. The lowest BCUT2D eigenvalue weighted by Crippen LogP contribution is -2.67. The molecule has 0 bridgehead atoms. The number of halogens is 4. The molecule has 0 saturated carbocycles. The van der Waals surface area contributed by atoms with Crippen LogP contribution in [0, 0.1) is 21.0 Å². The molecule has 2 saturated heterocycles. The van der Waals surface area contributed by atoms with Gasteiger partial charge in [0, 0.05) is 48.5 Å². The first kappa shape index (κ1) is 28.7. The predicted octanol–water partition coefficient (Wildman–Crippen LogP) is 4.18. The van der Waals surface area contributed by atoms with Crippen LogP contribution in [0.3, 0.4) is 0 Å². The minimum atomic E-state index is -1.28. The van der Waals surface area contributed by atoms with Gasteiger partial charge < -0.3 is 30.4 Å². The Labute approximate surface area is 245 Å². The summed E-state index contributed by atoms with van der Waals surface area (Å²) in [5, 5.41) is 16.9. The normalized spacial score (nSPS) is 17.1. The smallest absolute Gasteiger partial charge is 0.256 e. The number of carbonyl (C=O) groups is 1. The number of likely N-dealkylation sites (N-methyl/N-ethyl adjacent to an activating group) is 1. The highest BCUT2D eigenvalue weighted by atomic mass is 127. The second-order valence-electron chi connectivity index (χ2n) is 10.4. The zero-order chi connectivity index (χ0) is 28.4. The number of hydrogen-bond donors (Lipinski definition) is 3. The van der Waals surface area contributed by atoms with Crippen LogP contribution in [0.4, 0.5) is 30.2 Å². The number of aliphatic hydroxyl groups is 1. The molecule has 0 spiro atoms. The zero-order valence-electron chi connectivity index (χ0n) is 22.1. The van der Waals surface area contributed by atoms with Gasteiger partial charge in [0.05, 0.1) is 30.0 Å². The molecule has 3 N–H and O–H groups in total. The summed E-state index contributed by atoms with van der Waals surface area (Å²) in [5.41, 5.74) is 0.464. The highest BCUT2D eigenvalue weighted by Crippen LogP contribution is 2.32. The van der Waals surface area contributed by atoms with Gasteiger partial charge in [-0.15, -0.1) is 0 Å². The Kier molecular flexibility index (Phi) is 8.55. The fourth-order valence-electron chi connectivity index (χ4n) is 5.11. The first-order valence-electron chi connectivity index (χ1n) is 13.1. The largest absolute Gasteiger partial charge is 0.385 e. The molecule has 0 aromatic heterocycles. The van der Waals surface area contributed by atoms with E-state index in [1.54, 1.807) is 6.07 Å². The van der Waals surface area contributed by atoms with Gasteiger partial charge in [-0.3, -0.25) is 4.79 Å². The van der Waals surface area contributed by atoms with Crippen LogP contribution < -0.4 is 15.5 Å². The van der Waals surface area contributed by atoms with Gasteiger partial charge in [-0.2, -0.15) is 0 Å². The summed E-state index contributed by atoms with van der Waals surface area (Å²) in [6.45, 7) is 4.75. The van der Waals surface area contributed by atoms with Crippen molar-refractivity contribution in [3.63, 3.8) is 0 Å². The van der Waals surface area contributed by atoms with Gasteiger partial charge in [0.1, 0.15) is 11.4 Å².